The first-order valence-electron chi connectivity index (χ1n) is 9.74. The molecule has 3 nitrogen and oxygen atoms in total. The summed E-state index contributed by atoms with van der Waals surface area (Å²) in [5.74, 6) is 0.0274. The van der Waals surface area contributed by atoms with E-state index in [0.29, 0.717) is 5.92 Å². The Morgan fingerprint density at radius 3 is 2.45 bits per heavy atom. The minimum atomic E-state index is -4.59. The van der Waals surface area contributed by atoms with Crippen LogP contribution in [0.4, 0.5) is 18.9 Å². The van der Waals surface area contributed by atoms with Crippen molar-refractivity contribution >= 4 is 23.2 Å². The molecule has 0 aromatic heterocycles. The van der Waals surface area contributed by atoms with Gasteiger partial charge in [0.2, 0.25) is 5.91 Å². The van der Waals surface area contributed by atoms with Crippen LogP contribution in [-0.4, -0.2) is 11.9 Å². The lowest BCUT2D eigenvalue weighted by molar-refractivity contribution is -0.137. The highest BCUT2D eigenvalue weighted by atomic mass is 35.5. The van der Waals surface area contributed by atoms with Gasteiger partial charge in [0, 0.05) is 11.7 Å². The van der Waals surface area contributed by atoms with Crippen LogP contribution in [0.25, 0.3) is 0 Å². The zero-order valence-electron chi connectivity index (χ0n) is 16.1. The van der Waals surface area contributed by atoms with Gasteiger partial charge in [0.05, 0.1) is 10.6 Å². The van der Waals surface area contributed by atoms with Crippen molar-refractivity contribution in [3.8, 4) is 0 Å². The topological polar surface area (TPSA) is 41.1 Å². The molecule has 3 rings (SSSR count). The molecule has 156 valence electrons. The van der Waals surface area contributed by atoms with Crippen molar-refractivity contribution in [3.05, 3.63) is 64.7 Å². The number of alkyl halides is 3. The molecule has 1 saturated carbocycles. The number of carbonyl (C=O) groups excluding carboxylic acids is 1. The Balaban J connectivity index is 1.83. The van der Waals surface area contributed by atoms with Gasteiger partial charge in [-0.15, -0.1) is 0 Å². The highest BCUT2D eigenvalue weighted by Gasteiger charge is 2.34. The maximum atomic E-state index is 13.1. The lowest BCUT2D eigenvalue weighted by Crippen LogP contribution is -2.44. The van der Waals surface area contributed by atoms with Gasteiger partial charge in [0.15, 0.2) is 0 Å². The summed E-state index contributed by atoms with van der Waals surface area (Å²) in [5.41, 5.74) is -0.138. The van der Waals surface area contributed by atoms with Crippen molar-refractivity contribution in [1.29, 1.82) is 0 Å². The van der Waals surface area contributed by atoms with Gasteiger partial charge in [0.25, 0.3) is 0 Å². The van der Waals surface area contributed by atoms with E-state index < -0.39 is 28.7 Å². The Morgan fingerprint density at radius 1 is 1.10 bits per heavy atom. The van der Waals surface area contributed by atoms with E-state index in [9.17, 15) is 18.0 Å². The Labute approximate surface area is 173 Å². The molecule has 2 aromatic rings. The normalized spacial score (nSPS) is 20.9. The third-order valence-corrected chi connectivity index (χ3v) is 5.76. The zero-order chi connectivity index (χ0) is 21.0. The SMILES string of the molecule is C[C@@H]1CCCC[C@@H]1N[C@@H](C(=O)Nc1ccc(Cl)c(C(F)(F)F)c1)c1ccccc1. The standard InChI is InChI=1S/C22H24ClF3N2O/c1-14-7-5-6-10-19(14)28-20(15-8-3-2-4-9-15)21(29)27-16-11-12-18(23)17(13-16)22(24,25)26/h2-4,8-9,11-14,19-20,28H,5-7,10H2,1H3,(H,27,29)/t14-,19+,20-/m1/s1. The summed E-state index contributed by atoms with van der Waals surface area (Å²) < 4.78 is 39.4. The van der Waals surface area contributed by atoms with E-state index >= 15 is 0 Å². The van der Waals surface area contributed by atoms with Crippen molar-refractivity contribution in [3.63, 3.8) is 0 Å². The smallest absolute Gasteiger partial charge is 0.324 e. The van der Waals surface area contributed by atoms with Crippen LogP contribution < -0.4 is 10.6 Å². The quantitative estimate of drug-likeness (QED) is 0.599. The number of amides is 1. The fourth-order valence-electron chi connectivity index (χ4n) is 3.78. The van der Waals surface area contributed by atoms with Gasteiger partial charge in [-0.3, -0.25) is 10.1 Å². The maximum absolute atomic E-state index is 13.1. The second-order valence-corrected chi connectivity index (χ2v) is 7.97. The number of hydrogen-bond donors (Lipinski definition) is 2. The van der Waals surface area contributed by atoms with Crippen LogP contribution in [0.15, 0.2) is 48.5 Å². The molecule has 0 bridgehead atoms. The summed E-state index contributed by atoms with van der Waals surface area (Å²) in [6.45, 7) is 2.16. The zero-order valence-corrected chi connectivity index (χ0v) is 16.9. The molecule has 29 heavy (non-hydrogen) atoms. The predicted molar refractivity (Wildman–Crippen MR) is 109 cm³/mol. The van der Waals surface area contributed by atoms with Crippen LogP contribution in [0.2, 0.25) is 5.02 Å². The molecule has 1 aliphatic carbocycles. The fraction of sp³-hybridized carbons (Fsp3) is 0.409. The average Bonchev–Trinajstić information content (AvgIpc) is 2.68. The Hall–Kier alpha value is -2.05. The molecule has 3 atom stereocenters. The number of rotatable bonds is 5. The van der Waals surface area contributed by atoms with Gasteiger partial charge in [-0.25, -0.2) is 0 Å². The van der Waals surface area contributed by atoms with Crippen molar-refractivity contribution in [2.75, 3.05) is 5.32 Å². The summed E-state index contributed by atoms with van der Waals surface area (Å²) in [6, 6.07) is 12.1. The van der Waals surface area contributed by atoms with Crippen LogP contribution in [0, 0.1) is 5.92 Å². The van der Waals surface area contributed by atoms with Crippen molar-refractivity contribution < 1.29 is 18.0 Å². The van der Waals surface area contributed by atoms with Crippen LogP contribution in [0.3, 0.4) is 0 Å². The fourth-order valence-corrected chi connectivity index (χ4v) is 4.01. The van der Waals surface area contributed by atoms with Crippen molar-refractivity contribution in [2.24, 2.45) is 5.92 Å². The first-order chi connectivity index (χ1) is 13.8. The minimum absolute atomic E-state index is 0.0612. The van der Waals surface area contributed by atoms with Gasteiger partial charge in [-0.05, 0) is 42.5 Å². The molecule has 0 unspecified atom stereocenters. The lowest BCUT2D eigenvalue weighted by atomic mass is 9.85. The van der Waals surface area contributed by atoms with Gasteiger partial charge in [-0.1, -0.05) is 61.7 Å². The van der Waals surface area contributed by atoms with E-state index in [4.69, 9.17) is 11.6 Å². The summed E-state index contributed by atoms with van der Waals surface area (Å²) in [5, 5.41) is 5.66. The minimum Gasteiger partial charge on any atom is -0.324 e. The molecule has 0 aliphatic heterocycles. The van der Waals surface area contributed by atoms with Crippen LogP contribution in [0.1, 0.15) is 49.8 Å². The van der Waals surface area contributed by atoms with Crippen LogP contribution in [0.5, 0.6) is 0 Å². The monoisotopic (exact) mass is 424 g/mol. The van der Waals surface area contributed by atoms with E-state index in [1.165, 1.54) is 12.5 Å². The van der Waals surface area contributed by atoms with Gasteiger partial charge < -0.3 is 5.32 Å². The molecular weight excluding hydrogens is 401 g/mol. The number of hydrogen-bond acceptors (Lipinski definition) is 2. The number of nitrogens with one attached hydrogen (secondary N) is 2. The highest BCUT2D eigenvalue weighted by Crippen LogP contribution is 2.36. The molecular formula is C22H24ClF3N2O. The summed E-state index contributed by atoms with van der Waals surface area (Å²) in [6.07, 6.45) is -0.264. The number of halogens is 4. The molecule has 2 aromatic carbocycles. The molecule has 1 aliphatic rings. The Morgan fingerprint density at radius 2 is 1.79 bits per heavy atom. The van der Waals surface area contributed by atoms with E-state index in [0.717, 1.165) is 37.0 Å². The van der Waals surface area contributed by atoms with E-state index in [2.05, 4.69) is 17.6 Å². The number of anilines is 1. The highest BCUT2D eigenvalue weighted by molar-refractivity contribution is 6.31. The molecule has 0 spiro atoms. The molecule has 0 saturated heterocycles. The molecule has 1 fully saturated rings. The first-order valence-corrected chi connectivity index (χ1v) is 10.1. The molecule has 2 N–H and O–H groups in total. The summed E-state index contributed by atoms with van der Waals surface area (Å²) in [7, 11) is 0. The van der Waals surface area contributed by atoms with Crippen molar-refractivity contribution in [2.45, 2.75) is 50.9 Å². The van der Waals surface area contributed by atoms with Crippen molar-refractivity contribution in [1.82, 2.24) is 5.32 Å². The summed E-state index contributed by atoms with van der Waals surface area (Å²) >= 11 is 5.68. The lowest BCUT2D eigenvalue weighted by Gasteiger charge is -2.33. The Bertz CT molecular complexity index is 842. The first kappa shape index (κ1) is 21.7. The van der Waals surface area contributed by atoms with E-state index in [1.54, 1.807) is 0 Å². The molecule has 1 amide bonds. The molecule has 7 heteroatoms. The largest absolute Gasteiger partial charge is 0.417 e. The molecule has 0 radical (unpaired) electrons. The number of carbonyl (C=O) groups is 1. The van der Waals surface area contributed by atoms with E-state index in [-0.39, 0.29) is 11.7 Å². The number of benzene rings is 2. The third kappa shape index (κ3) is 5.52. The third-order valence-electron chi connectivity index (χ3n) is 5.43. The van der Waals surface area contributed by atoms with Gasteiger partial charge in [0.1, 0.15) is 6.04 Å². The average molecular weight is 425 g/mol. The summed E-state index contributed by atoms with van der Waals surface area (Å²) in [4.78, 5) is 13.1. The van der Waals surface area contributed by atoms with Gasteiger partial charge in [-0.2, -0.15) is 13.2 Å². The maximum Gasteiger partial charge on any atom is 0.417 e. The second-order valence-electron chi connectivity index (χ2n) is 7.56. The second kappa shape index (κ2) is 9.18. The van der Waals surface area contributed by atoms with Gasteiger partial charge >= 0.3 is 6.18 Å². The Kier molecular flexibility index (Phi) is 6.85. The van der Waals surface area contributed by atoms with Crippen LogP contribution >= 0.6 is 11.6 Å². The molecule has 0 heterocycles. The predicted octanol–water partition coefficient (Wildman–Crippen LogP) is 6.21. The van der Waals surface area contributed by atoms with Crippen LogP contribution in [-0.2, 0) is 11.0 Å². The van der Waals surface area contributed by atoms with E-state index in [1.807, 2.05) is 30.3 Å².